The highest BCUT2D eigenvalue weighted by molar-refractivity contribution is 9.09. The third-order valence-corrected chi connectivity index (χ3v) is 11.3. The van der Waals surface area contributed by atoms with Crippen LogP contribution in [0.2, 0.25) is 0 Å². The molecule has 0 radical (unpaired) electrons. The van der Waals surface area contributed by atoms with Gasteiger partial charge >= 0.3 is 0 Å². The molecule has 2 bridgehead atoms. The van der Waals surface area contributed by atoms with Crippen molar-refractivity contribution in [2.45, 2.75) is 67.4 Å². The fourth-order valence-corrected chi connectivity index (χ4v) is 9.81. The van der Waals surface area contributed by atoms with Crippen LogP contribution in [0, 0.1) is 31.6 Å². The Bertz CT molecular complexity index is 986. The normalized spacial score (nSPS) is 33.6. The number of carbonyl (C=O) groups excluding carboxylic acids is 3. The van der Waals surface area contributed by atoms with Crippen LogP contribution in [0.3, 0.4) is 0 Å². The molecule has 3 amide bonds. The minimum absolute atomic E-state index is 0.0000860. The highest BCUT2D eigenvalue weighted by Crippen LogP contribution is 2.68. The van der Waals surface area contributed by atoms with E-state index >= 15 is 0 Å². The molecular formula is C25H34BrN3O4S. The van der Waals surface area contributed by atoms with E-state index in [0.29, 0.717) is 6.42 Å². The van der Waals surface area contributed by atoms with Crippen molar-refractivity contribution in [3.63, 3.8) is 0 Å². The summed E-state index contributed by atoms with van der Waals surface area (Å²) in [4.78, 5) is 42.7. The highest BCUT2D eigenvalue weighted by atomic mass is 79.9. The molecule has 1 aromatic rings. The number of aliphatic hydroxyl groups is 1. The number of anilines is 1. The third kappa shape index (κ3) is 3.69. The number of hydrogen-bond donors (Lipinski definition) is 3. The summed E-state index contributed by atoms with van der Waals surface area (Å²) in [5, 5.41) is 16.2. The lowest BCUT2D eigenvalue weighted by atomic mass is 9.70. The number of carbonyl (C=O) groups is 3. The molecule has 3 unspecified atom stereocenters. The Labute approximate surface area is 213 Å². The van der Waals surface area contributed by atoms with Crippen LogP contribution in [0.1, 0.15) is 37.8 Å². The van der Waals surface area contributed by atoms with E-state index < -0.39 is 28.7 Å². The number of nitrogens with one attached hydrogen (secondary N) is 2. The average Bonchev–Trinajstić information content (AvgIpc) is 3.40. The molecule has 186 valence electrons. The first kappa shape index (κ1) is 25.5. The topological polar surface area (TPSA) is 98.7 Å². The zero-order valence-corrected chi connectivity index (χ0v) is 22.7. The molecule has 8 atom stereocenters. The molecule has 1 aromatic carbocycles. The van der Waals surface area contributed by atoms with Gasteiger partial charge in [0.25, 0.3) is 0 Å². The van der Waals surface area contributed by atoms with Gasteiger partial charge in [-0.3, -0.25) is 14.4 Å². The second-order valence-corrected chi connectivity index (χ2v) is 12.6. The Morgan fingerprint density at radius 2 is 1.94 bits per heavy atom. The first-order chi connectivity index (χ1) is 16.1. The Morgan fingerprint density at radius 3 is 2.50 bits per heavy atom. The third-order valence-electron chi connectivity index (χ3n) is 8.10. The first-order valence-electron chi connectivity index (χ1n) is 12.0. The summed E-state index contributed by atoms with van der Waals surface area (Å²) in [5.74, 6) is -1.72. The molecule has 0 aliphatic carbocycles. The highest BCUT2D eigenvalue weighted by Gasteiger charge is 2.76. The van der Waals surface area contributed by atoms with Crippen molar-refractivity contribution in [1.29, 1.82) is 0 Å². The SMILES string of the molecule is CC[C@H](C)[C@H](CO)N1C(=O)[C@@H]2[C@H](C(=O)NC)[C@H]3SC2(CC3Br)C1C(=O)Nc1c(C)cccc1C. The van der Waals surface area contributed by atoms with Crippen LogP contribution in [0.4, 0.5) is 5.69 Å². The van der Waals surface area contributed by atoms with Gasteiger partial charge in [-0.25, -0.2) is 0 Å². The number of benzene rings is 1. The molecule has 3 saturated heterocycles. The van der Waals surface area contributed by atoms with Crippen LogP contribution < -0.4 is 10.6 Å². The van der Waals surface area contributed by atoms with Crippen molar-refractivity contribution in [3.8, 4) is 0 Å². The van der Waals surface area contributed by atoms with Crippen molar-refractivity contribution in [3.05, 3.63) is 29.3 Å². The van der Waals surface area contributed by atoms with Gasteiger partial charge in [0.2, 0.25) is 17.7 Å². The van der Waals surface area contributed by atoms with Crippen molar-refractivity contribution in [2.75, 3.05) is 19.0 Å². The predicted octanol–water partition coefficient (Wildman–Crippen LogP) is 2.86. The van der Waals surface area contributed by atoms with Gasteiger partial charge in [-0.1, -0.05) is 54.4 Å². The standard InChI is InChI=1S/C25H34BrN3O4S/c1-6-12(2)16(11-30)29-21(23(32)28-19-13(3)8-7-9-14(19)4)25-10-15(26)20(34-25)17(22(31)27-5)18(25)24(29)33/h7-9,12,15-18,20-21,30H,6,10-11H2,1-5H3,(H,27,31)(H,28,32)/t12-,15?,16-,17-,18-,20-,21?,25?/m0/s1. The maximum Gasteiger partial charge on any atom is 0.248 e. The molecule has 34 heavy (non-hydrogen) atoms. The van der Waals surface area contributed by atoms with Gasteiger partial charge in [0.05, 0.1) is 29.2 Å². The summed E-state index contributed by atoms with van der Waals surface area (Å²) >= 11 is 5.36. The number of rotatable bonds is 7. The number of aryl methyl sites for hydroxylation is 2. The zero-order valence-electron chi connectivity index (χ0n) is 20.3. The number of para-hydroxylation sites is 1. The van der Waals surface area contributed by atoms with Crippen LogP contribution in [-0.4, -0.2) is 68.3 Å². The molecule has 4 rings (SSSR count). The number of halogens is 1. The minimum atomic E-state index is -0.778. The summed E-state index contributed by atoms with van der Waals surface area (Å²) in [7, 11) is 1.59. The second-order valence-electron chi connectivity index (χ2n) is 9.91. The first-order valence-corrected chi connectivity index (χ1v) is 13.8. The lowest BCUT2D eigenvalue weighted by molar-refractivity contribution is -0.143. The molecule has 9 heteroatoms. The van der Waals surface area contributed by atoms with E-state index in [1.807, 2.05) is 45.9 Å². The predicted molar refractivity (Wildman–Crippen MR) is 138 cm³/mol. The van der Waals surface area contributed by atoms with Crippen LogP contribution >= 0.6 is 27.7 Å². The monoisotopic (exact) mass is 551 g/mol. The number of aliphatic hydroxyl groups excluding tert-OH is 1. The molecule has 3 aliphatic rings. The molecule has 3 aliphatic heterocycles. The van der Waals surface area contributed by atoms with E-state index in [4.69, 9.17) is 0 Å². The van der Waals surface area contributed by atoms with Crippen molar-refractivity contribution < 1.29 is 19.5 Å². The summed E-state index contributed by atoms with van der Waals surface area (Å²) in [6.45, 7) is 7.68. The number of nitrogens with zero attached hydrogens (tertiary/aromatic N) is 1. The van der Waals surface area contributed by atoms with E-state index in [-0.39, 0.29) is 40.3 Å². The van der Waals surface area contributed by atoms with E-state index in [9.17, 15) is 19.5 Å². The number of thioether (sulfide) groups is 1. The van der Waals surface area contributed by atoms with Gasteiger partial charge < -0.3 is 20.6 Å². The summed E-state index contributed by atoms with van der Waals surface area (Å²) < 4.78 is -0.728. The fourth-order valence-electron chi connectivity index (χ4n) is 6.21. The van der Waals surface area contributed by atoms with Gasteiger partial charge in [0.1, 0.15) is 6.04 Å². The van der Waals surface area contributed by atoms with Crippen molar-refractivity contribution >= 4 is 51.1 Å². The van der Waals surface area contributed by atoms with Gasteiger partial charge in [0.15, 0.2) is 0 Å². The largest absolute Gasteiger partial charge is 0.394 e. The average molecular weight is 553 g/mol. The smallest absolute Gasteiger partial charge is 0.248 e. The molecule has 0 aromatic heterocycles. The van der Waals surface area contributed by atoms with Gasteiger partial charge in [-0.05, 0) is 37.3 Å². The zero-order chi connectivity index (χ0) is 24.9. The number of hydrogen-bond acceptors (Lipinski definition) is 5. The maximum absolute atomic E-state index is 14.1. The summed E-state index contributed by atoms with van der Waals surface area (Å²) in [6, 6.07) is 4.57. The molecule has 1 spiro atoms. The summed E-state index contributed by atoms with van der Waals surface area (Å²) in [5.41, 5.74) is 2.65. The quantitative estimate of drug-likeness (QED) is 0.452. The molecule has 7 nitrogen and oxygen atoms in total. The Hall–Kier alpha value is -1.58. The number of likely N-dealkylation sites (tertiary alicyclic amines) is 1. The van der Waals surface area contributed by atoms with E-state index in [1.165, 1.54) is 0 Å². The van der Waals surface area contributed by atoms with Crippen LogP contribution in [0.25, 0.3) is 0 Å². The van der Waals surface area contributed by atoms with E-state index in [1.54, 1.807) is 23.7 Å². The molecule has 3 N–H and O–H groups in total. The Kier molecular flexibility index (Phi) is 7.10. The van der Waals surface area contributed by atoms with Crippen LogP contribution in [-0.2, 0) is 14.4 Å². The lowest BCUT2D eigenvalue weighted by Gasteiger charge is -2.39. The molecule has 3 fully saturated rings. The number of amides is 3. The second kappa shape index (κ2) is 9.47. The van der Waals surface area contributed by atoms with Crippen LogP contribution in [0.5, 0.6) is 0 Å². The Balaban J connectivity index is 1.82. The van der Waals surface area contributed by atoms with Crippen LogP contribution in [0.15, 0.2) is 18.2 Å². The number of fused-ring (bicyclic) bond motifs is 1. The van der Waals surface area contributed by atoms with Crippen molar-refractivity contribution in [1.82, 2.24) is 10.2 Å². The summed E-state index contributed by atoms with van der Waals surface area (Å²) in [6.07, 6.45) is 1.37. The molecular weight excluding hydrogens is 518 g/mol. The minimum Gasteiger partial charge on any atom is -0.394 e. The molecule has 3 heterocycles. The van der Waals surface area contributed by atoms with Gasteiger partial charge in [-0.15, -0.1) is 11.8 Å². The van der Waals surface area contributed by atoms with E-state index in [2.05, 4.69) is 26.6 Å². The maximum atomic E-state index is 14.1. The molecule has 0 saturated carbocycles. The Morgan fingerprint density at radius 1 is 1.29 bits per heavy atom. The fraction of sp³-hybridized carbons (Fsp3) is 0.640. The van der Waals surface area contributed by atoms with Crippen molar-refractivity contribution in [2.24, 2.45) is 17.8 Å². The lowest BCUT2D eigenvalue weighted by Crippen LogP contribution is -2.56. The van der Waals surface area contributed by atoms with Gasteiger partial charge in [0, 0.05) is 22.8 Å². The van der Waals surface area contributed by atoms with E-state index in [0.717, 1.165) is 23.2 Å². The van der Waals surface area contributed by atoms with Gasteiger partial charge in [-0.2, -0.15) is 0 Å². The number of alkyl halides is 1.